The topological polar surface area (TPSA) is 80.2 Å². The van der Waals surface area contributed by atoms with Gasteiger partial charge in [-0.15, -0.1) is 0 Å². The smallest absolute Gasteiger partial charge is 0.149 e. The molecule has 2 heterocycles. The molecule has 0 saturated heterocycles. The second kappa shape index (κ2) is 5.35. The zero-order valence-electron chi connectivity index (χ0n) is 9.67. The predicted molar refractivity (Wildman–Crippen MR) is 66.3 cm³/mol. The summed E-state index contributed by atoms with van der Waals surface area (Å²) in [6.07, 6.45) is 1.49. The molecule has 7 heteroatoms. The van der Waals surface area contributed by atoms with E-state index in [1.54, 1.807) is 7.11 Å². The number of anilines is 1. The first-order valence-corrected chi connectivity index (χ1v) is 5.97. The summed E-state index contributed by atoms with van der Waals surface area (Å²) in [6.45, 7) is 2.31. The van der Waals surface area contributed by atoms with Crippen LogP contribution >= 0.6 is 11.5 Å². The van der Waals surface area contributed by atoms with Crippen LogP contribution in [0.1, 0.15) is 5.69 Å². The highest BCUT2D eigenvalue weighted by Crippen LogP contribution is 2.25. The van der Waals surface area contributed by atoms with Gasteiger partial charge in [0.25, 0.3) is 0 Å². The van der Waals surface area contributed by atoms with Gasteiger partial charge in [0.15, 0.2) is 0 Å². The van der Waals surface area contributed by atoms with E-state index in [4.69, 9.17) is 4.74 Å². The average Bonchev–Trinajstić information content (AvgIpc) is 2.72. The predicted octanol–water partition coefficient (Wildman–Crippen LogP) is 0.814. The molecule has 0 aliphatic carbocycles. The lowest BCUT2D eigenvalue weighted by Gasteiger charge is -2.16. The zero-order valence-corrected chi connectivity index (χ0v) is 10.5. The molecule has 2 N–H and O–H groups in total. The van der Waals surface area contributed by atoms with E-state index in [9.17, 15) is 5.11 Å². The van der Waals surface area contributed by atoms with Crippen LogP contribution in [0.5, 0.6) is 0 Å². The molecule has 2 rings (SSSR count). The zero-order chi connectivity index (χ0) is 12.3. The number of aromatic nitrogens is 3. The fourth-order valence-electron chi connectivity index (χ4n) is 1.57. The van der Waals surface area contributed by atoms with E-state index in [1.807, 2.05) is 6.92 Å². The van der Waals surface area contributed by atoms with E-state index >= 15 is 0 Å². The molecule has 0 aliphatic heterocycles. The summed E-state index contributed by atoms with van der Waals surface area (Å²) in [5.74, 6) is 0.692. The molecule has 0 bridgehead atoms. The van der Waals surface area contributed by atoms with Crippen molar-refractivity contribution < 1.29 is 9.84 Å². The lowest BCUT2D eigenvalue weighted by atomic mass is 10.2. The molecule has 2 aromatic heterocycles. The molecule has 17 heavy (non-hydrogen) atoms. The van der Waals surface area contributed by atoms with Crippen LogP contribution in [-0.2, 0) is 4.74 Å². The monoisotopic (exact) mass is 254 g/mol. The number of aliphatic hydroxyl groups is 1. The summed E-state index contributed by atoms with van der Waals surface area (Å²) < 4.78 is 9.25. The summed E-state index contributed by atoms with van der Waals surface area (Å²) in [5, 5.41) is 13.3. The Kier molecular flexibility index (Phi) is 3.82. The van der Waals surface area contributed by atoms with E-state index in [0.717, 1.165) is 15.9 Å². The molecule has 0 saturated carbocycles. The average molecular weight is 254 g/mol. The largest absolute Gasteiger partial charge is 0.394 e. The number of ether oxygens (including phenoxy) is 1. The van der Waals surface area contributed by atoms with Crippen molar-refractivity contribution in [2.75, 3.05) is 25.6 Å². The first kappa shape index (κ1) is 12.2. The Morgan fingerprint density at radius 1 is 1.53 bits per heavy atom. The molecule has 0 spiro atoms. The van der Waals surface area contributed by atoms with E-state index in [2.05, 4.69) is 19.7 Å². The van der Waals surface area contributed by atoms with Gasteiger partial charge in [-0.2, -0.15) is 4.37 Å². The quantitative estimate of drug-likeness (QED) is 0.822. The van der Waals surface area contributed by atoms with Gasteiger partial charge in [0.05, 0.1) is 30.3 Å². The maximum atomic E-state index is 9.21. The van der Waals surface area contributed by atoms with Crippen molar-refractivity contribution in [2.24, 2.45) is 0 Å². The van der Waals surface area contributed by atoms with Crippen LogP contribution in [0.3, 0.4) is 0 Å². The SMILES string of the molecule is COCC(CO)Nc1ncnc2snc(C)c12. The van der Waals surface area contributed by atoms with Crippen LogP contribution in [0.25, 0.3) is 10.2 Å². The van der Waals surface area contributed by atoms with Crippen LogP contribution in [0.15, 0.2) is 6.33 Å². The van der Waals surface area contributed by atoms with Gasteiger partial charge < -0.3 is 15.2 Å². The minimum atomic E-state index is -0.183. The van der Waals surface area contributed by atoms with Gasteiger partial charge in [0, 0.05) is 7.11 Å². The summed E-state index contributed by atoms with van der Waals surface area (Å²) in [6, 6.07) is -0.183. The Bertz CT molecular complexity index is 502. The van der Waals surface area contributed by atoms with Crippen molar-refractivity contribution in [3.05, 3.63) is 12.0 Å². The minimum Gasteiger partial charge on any atom is -0.394 e. The highest BCUT2D eigenvalue weighted by atomic mass is 32.1. The minimum absolute atomic E-state index is 0.0179. The van der Waals surface area contributed by atoms with E-state index in [1.165, 1.54) is 17.9 Å². The molecular formula is C10H14N4O2S. The number of aliphatic hydroxyl groups excluding tert-OH is 1. The molecule has 0 aromatic carbocycles. The fraction of sp³-hybridized carbons (Fsp3) is 0.500. The Labute approximate surface area is 103 Å². The van der Waals surface area contributed by atoms with Gasteiger partial charge in [0.1, 0.15) is 17.0 Å². The third kappa shape index (κ3) is 2.51. The van der Waals surface area contributed by atoms with Crippen molar-refractivity contribution in [3.8, 4) is 0 Å². The Morgan fingerprint density at radius 2 is 2.35 bits per heavy atom. The molecule has 0 aliphatic rings. The highest BCUT2D eigenvalue weighted by Gasteiger charge is 2.13. The molecule has 0 amide bonds. The number of nitrogens with zero attached hydrogens (tertiary/aromatic N) is 3. The second-order valence-corrected chi connectivity index (χ2v) is 4.40. The number of rotatable bonds is 5. The van der Waals surface area contributed by atoms with Crippen LogP contribution < -0.4 is 5.32 Å². The van der Waals surface area contributed by atoms with Crippen molar-refractivity contribution in [1.82, 2.24) is 14.3 Å². The molecule has 6 nitrogen and oxygen atoms in total. The first-order chi connectivity index (χ1) is 8.26. The molecule has 1 atom stereocenters. The van der Waals surface area contributed by atoms with Gasteiger partial charge in [-0.25, -0.2) is 9.97 Å². The number of aryl methyl sites for hydroxylation is 1. The lowest BCUT2D eigenvalue weighted by molar-refractivity contribution is 0.153. The molecule has 0 radical (unpaired) electrons. The van der Waals surface area contributed by atoms with Gasteiger partial charge in [-0.05, 0) is 18.5 Å². The number of fused-ring (bicyclic) bond motifs is 1. The van der Waals surface area contributed by atoms with Gasteiger partial charge >= 0.3 is 0 Å². The maximum absolute atomic E-state index is 9.21. The molecule has 0 fully saturated rings. The second-order valence-electron chi connectivity index (χ2n) is 3.65. The van der Waals surface area contributed by atoms with Crippen molar-refractivity contribution >= 4 is 27.6 Å². The Hall–Kier alpha value is -1.31. The molecular weight excluding hydrogens is 240 g/mol. The number of hydrogen-bond donors (Lipinski definition) is 2. The van der Waals surface area contributed by atoms with Crippen molar-refractivity contribution in [2.45, 2.75) is 13.0 Å². The van der Waals surface area contributed by atoms with Gasteiger partial charge in [-0.1, -0.05) is 0 Å². The standard InChI is InChI=1S/C10H14N4O2S/c1-6-8-9(13-7(3-15)4-16-2)11-5-12-10(8)17-14-6/h5,7,15H,3-4H2,1-2H3,(H,11,12,13). The highest BCUT2D eigenvalue weighted by molar-refractivity contribution is 7.13. The van der Waals surface area contributed by atoms with E-state index in [0.29, 0.717) is 12.4 Å². The van der Waals surface area contributed by atoms with Gasteiger partial charge in [-0.3, -0.25) is 0 Å². The van der Waals surface area contributed by atoms with E-state index < -0.39 is 0 Å². The van der Waals surface area contributed by atoms with E-state index in [-0.39, 0.29) is 12.6 Å². The Morgan fingerprint density at radius 3 is 3.06 bits per heavy atom. The lowest BCUT2D eigenvalue weighted by Crippen LogP contribution is -2.29. The number of nitrogens with one attached hydrogen (secondary N) is 1. The molecule has 92 valence electrons. The normalized spacial score (nSPS) is 12.9. The van der Waals surface area contributed by atoms with Gasteiger partial charge in [0.2, 0.25) is 0 Å². The third-order valence-electron chi connectivity index (χ3n) is 2.37. The van der Waals surface area contributed by atoms with Crippen LogP contribution in [0, 0.1) is 6.92 Å². The van der Waals surface area contributed by atoms with Crippen LogP contribution in [0.4, 0.5) is 5.82 Å². The van der Waals surface area contributed by atoms with Crippen molar-refractivity contribution in [1.29, 1.82) is 0 Å². The first-order valence-electron chi connectivity index (χ1n) is 5.19. The fourth-order valence-corrected chi connectivity index (χ4v) is 2.31. The summed E-state index contributed by atoms with van der Waals surface area (Å²) in [4.78, 5) is 9.18. The summed E-state index contributed by atoms with van der Waals surface area (Å²) >= 11 is 1.34. The summed E-state index contributed by atoms with van der Waals surface area (Å²) in [7, 11) is 1.59. The summed E-state index contributed by atoms with van der Waals surface area (Å²) in [5.41, 5.74) is 0.891. The Balaban J connectivity index is 2.31. The number of methoxy groups -OCH3 is 1. The molecule has 1 unspecified atom stereocenters. The van der Waals surface area contributed by atoms with Crippen LogP contribution in [0.2, 0.25) is 0 Å². The number of hydrogen-bond acceptors (Lipinski definition) is 7. The van der Waals surface area contributed by atoms with Crippen LogP contribution in [-0.4, -0.2) is 45.8 Å². The third-order valence-corrected chi connectivity index (χ3v) is 3.22. The molecule has 2 aromatic rings. The van der Waals surface area contributed by atoms with Crippen molar-refractivity contribution in [3.63, 3.8) is 0 Å². The maximum Gasteiger partial charge on any atom is 0.149 e.